The van der Waals surface area contributed by atoms with Crippen LogP contribution in [-0.2, 0) is 0 Å². The van der Waals surface area contributed by atoms with Crippen LogP contribution in [0.15, 0.2) is 22.7 Å². The molecule has 0 bridgehead atoms. The van der Waals surface area contributed by atoms with Gasteiger partial charge in [0.1, 0.15) is 5.75 Å². The van der Waals surface area contributed by atoms with Crippen LogP contribution in [0.2, 0.25) is 0 Å². The average molecular weight is 341 g/mol. The van der Waals surface area contributed by atoms with Crippen molar-refractivity contribution in [2.24, 2.45) is 11.7 Å². The number of ether oxygens (including phenoxy) is 1. The molecule has 3 nitrogen and oxygen atoms in total. The molecule has 1 fully saturated rings. The number of nitrogens with zero attached hydrogens (tertiary/aromatic N) is 1. The zero-order valence-electron chi connectivity index (χ0n) is 12.6. The molecule has 3 atom stereocenters. The van der Waals surface area contributed by atoms with E-state index in [2.05, 4.69) is 46.8 Å². The van der Waals surface area contributed by atoms with Crippen LogP contribution in [0.4, 0.5) is 0 Å². The van der Waals surface area contributed by atoms with E-state index in [-0.39, 0.29) is 6.04 Å². The Morgan fingerprint density at radius 3 is 2.85 bits per heavy atom. The molecule has 0 spiro atoms. The summed E-state index contributed by atoms with van der Waals surface area (Å²) >= 11 is 3.66. The van der Waals surface area contributed by atoms with E-state index in [9.17, 15) is 0 Å². The zero-order chi connectivity index (χ0) is 14.7. The molecular formula is C16H25BrN2O. The van der Waals surface area contributed by atoms with Crippen molar-refractivity contribution in [2.75, 3.05) is 20.2 Å². The largest absolute Gasteiger partial charge is 0.497 e. The number of methoxy groups -OCH3 is 1. The van der Waals surface area contributed by atoms with Crippen molar-refractivity contribution in [3.63, 3.8) is 0 Å². The minimum Gasteiger partial charge on any atom is -0.497 e. The van der Waals surface area contributed by atoms with Crippen molar-refractivity contribution in [1.29, 1.82) is 0 Å². The lowest BCUT2D eigenvalue weighted by atomic mass is 9.89. The van der Waals surface area contributed by atoms with E-state index in [1.807, 2.05) is 6.07 Å². The van der Waals surface area contributed by atoms with Crippen LogP contribution in [0, 0.1) is 5.92 Å². The molecule has 1 aliphatic rings. The number of hydrogen-bond acceptors (Lipinski definition) is 3. The Morgan fingerprint density at radius 2 is 2.20 bits per heavy atom. The molecule has 0 aliphatic carbocycles. The van der Waals surface area contributed by atoms with Gasteiger partial charge in [-0.2, -0.15) is 0 Å². The lowest BCUT2D eigenvalue weighted by Gasteiger charge is -2.43. The topological polar surface area (TPSA) is 38.5 Å². The maximum atomic E-state index is 6.10. The number of hydrogen-bond donors (Lipinski definition) is 1. The van der Waals surface area contributed by atoms with Gasteiger partial charge in [-0.25, -0.2) is 0 Å². The molecule has 1 aromatic carbocycles. The molecule has 112 valence electrons. The van der Waals surface area contributed by atoms with E-state index in [4.69, 9.17) is 10.5 Å². The van der Waals surface area contributed by atoms with Crippen LogP contribution in [0.25, 0.3) is 0 Å². The SMILES string of the molecule is COc1ccc(Br)c(C(CN)N2CCCC(C)C2C)c1. The van der Waals surface area contributed by atoms with Crippen LogP contribution in [0.5, 0.6) is 5.75 Å². The molecule has 1 aromatic rings. The van der Waals surface area contributed by atoms with Crippen molar-refractivity contribution in [3.05, 3.63) is 28.2 Å². The highest BCUT2D eigenvalue weighted by atomic mass is 79.9. The highest BCUT2D eigenvalue weighted by molar-refractivity contribution is 9.10. The maximum Gasteiger partial charge on any atom is 0.119 e. The summed E-state index contributed by atoms with van der Waals surface area (Å²) in [7, 11) is 1.70. The van der Waals surface area contributed by atoms with Gasteiger partial charge in [0.2, 0.25) is 0 Å². The third-order valence-electron chi connectivity index (χ3n) is 4.61. The van der Waals surface area contributed by atoms with E-state index >= 15 is 0 Å². The Hall–Kier alpha value is -0.580. The van der Waals surface area contributed by atoms with Gasteiger partial charge in [0.15, 0.2) is 0 Å². The Labute approximate surface area is 130 Å². The van der Waals surface area contributed by atoms with Crippen LogP contribution < -0.4 is 10.5 Å². The van der Waals surface area contributed by atoms with E-state index in [0.29, 0.717) is 12.6 Å². The third-order valence-corrected chi connectivity index (χ3v) is 5.33. The first kappa shape index (κ1) is 15.8. The summed E-state index contributed by atoms with van der Waals surface area (Å²) in [6.07, 6.45) is 2.57. The average Bonchev–Trinajstić information content (AvgIpc) is 2.46. The Balaban J connectivity index is 2.31. The lowest BCUT2D eigenvalue weighted by molar-refractivity contribution is 0.0706. The molecule has 0 amide bonds. The fourth-order valence-electron chi connectivity index (χ4n) is 3.15. The van der Waals surface area contributed by atoms with Gasteiger partial charge in [-0.05, 0) is 56.0 Å². The summed E-state index contributed by atoms with van der Waals surface area (Å²) in [6, 6.07) is 6.94. The van der Waals surface area contributed by atoms with Crippen LogP contribution in [-0.4, -0.2) is 31.1 Å². The first-order valence-electron chi connectivity index (χ1n) is 7.37. The number of likely N-dealkylation sites (tertiary alicyclic amines) is 1. The molecule has 0 saturated carbocycles. The van der Waals surface area contributed by atoms with Crippen LogP contribution >= 0.6 is 15.9 Å². The van der Waals surface area contributed by atoms with Gasteiger partial charge in [-0.3, -0.25) is 4.90 Å². The van der Waals surface area contributed by atoms with Crippen molar-refractivity contribution in [2.45, 2.75) is 38.8 Å². The summed E-state index contributed by atoms with van der Waals surface area (Å²) in [5.74, 6) is 1.61. The maximum absolute atomic E-state index is 6.10. The first-order valence-corrected chi connectivity index (χ1v) is 8.17. The number of piperidine rings is 1. The van der Waals surface area contributed by atoms with E-state index in [1.54, 1.807) is 7.11 Å². The normalized spacial score (nSPS) is 25.4. The van der Waals surface area contributed by atoms with Gasteiger partial charge >= 0.3 is 0 Å². The van der Waals surface area contributed by atoms with E-state index in [0.717, 1.165) is 22.7 Å². The highest BCUT2D eigenvalue weighted by Gasteiger charge is 2.31. The molecule has 2 N–H and O–H groups in total. The molecule has 4 heteroatoms. The van der Waals surface area contributed by atoms with Gasteiger partial charge in [0.25, 0.3) is 0 Å². The number of nitrogens with two attached hydrogens (primary N) is 1. The van der Waals surface area contributed by atoms with Gasteiger partial charge in [0.05, 0.1) is 7.11 Å². The second-order valence-electron chi connectivity index (χ2n) is 5.74. The molecule has 1 aliphatic heterocycles. The number of halogens is 1. The molecule has 1 saturated heterocycles. The molecule has 1 heterocycles. The van der Waals surface area contributed by atoms with Crippen molar-refractivity contribution in [3.8, 4) is 5.75 Å². The Kier molecular flexibility index (Phi) is 5.47. The predicted octanol–water partition coefficient (Wildman–Crippen LogP) is 3.58. The molecule has 0 aromatic heterocycles. The monoisotopic (exact) mass is 340 g/mol. The first-order chi connectivity index (χ1) is 9.58. The zero-order valence-corrected chi connectivity index (χ0v) is 14.2. The molecule has 2 rings (SSSR count). The summed E-state index contributed by atoms with van der Waals surface area (Å²) in [6.45, 7) is 6.41. The quantitative estimate of drug-likeness (QED) is 0.910. The van der Waals surface area contributed by atoms with E-state index < -0.39 is 0 Å². The van der Waals surface area contributed by atoms with E-state index in [1.165, 1.54) is 18.4 Å². The minimum absolute atomic E-state index is 0.247. The fourth-order valence-corrected chi connectivity index (χ4v) is 3.66. The van der Waals surface area contributed by atoms with Crippen molar-refractivity contribution < 1.29 is 4.74 Å². The van der Waals surface area contributed by atoms with Gasteiger partial charge < -0.3 is 10.5 Å². The fraction of sp³-hybridized carbons (Fsp3) is 0.625. The third kappa shape index (κ3) is 3.18. The highest BCUT2D eigenvalue weighted by Crippen LogP contribution is 2.35. The standard InChI is InChI=1S/C16H25BrN2O/c1-11-5-4-8-19(12(11)2)16(10-18)14-9-13(20-3)6-7-15(14)17/h6-7,9,11-12,16H,4-5,8,10,18H2,1-3H3. The summed E-state index contributed by atoms with van der Waals surface area (Å²) in [5.41, 5.74) is 7.33. The van der Waals surface area contributed by atoms with Gasteiger partial charge in [-0.15, -0.1) is 0 Å². The second-order valence-corrected chi connectivity index (χ2v) is 6.59. The van der Waals surface area contributed by atoms with Crippen molar-refractivity contribution in [1.82, 2.24) is 4.90 Å². The molecule has 3 unspecified atom stereocenters. The summed E-state index contributed by atoms with van der Waals surface area (Å²) < 4.78 is 6.47. The summed E-state index contributed by atoms with van der Waals surface area (Å²) in [5, 5.41) is 0. The number of rotatable bonds is 4. The molecule has 0 radical (unpaired) electrons. The minimum atomic E-state index is 0.247. The Bertz CT molecular complexity index is 452. The molecular weight excluding hydrogens is 316 g/mol. The second kappa shape index (κ2) is 6.92. The summed E-state index contributed by atoms with van der Waals surface area (Å²) in [4.78, 5) is 2.55. The number of benzene rings is 1. The lowest BCUT2D eigenvalue weighted by Crippen LogP contribution is -2.46. The van der Waals surface area contributed by atoms with Gasteiger partial charge in [0, 0.05) is 23.1 Å². The van der Waals surface area contributed by atoms with Crippen molar-refractivity contribution >= 4 is 15.9 Å². The predicted molar refractivity (Wildman–Crippen MR) is 87.1 cm³/mol. The Morgan fingerprint density at radius 1 is 1.45 bits per heavy atom. The van der Waals surface area contributed by atoms with Crippen LogP contribution in [0.1, 0.15) is 38.3 Å². The smallest absolute Gasteiger partial charge is 0.119 e. The van der Waals surface area contributed by atoms with Gasteiger partial charge in [-0.1, -0.05) is 22.9 Å². The van der Waals surface area contributed by atoms with Crippen LogP contribution in [0.3, 0.4) is 0 Å². The molecule has 20 heavy (non-hydrogen) atoms.